The summed E-state index contributed by atoms with van der Waals surface area (Å²) in [5.74, 6) is 0.755. The number of rotatable bonds is 4. The van der Waals surface area contributed by atoms with Crippen LogP contribution in [0.2, 0.25) is 0 Å². The molecule has 128 valence electrons. The molecule has 0 spiro atoms. The zero-order valence-electron chi connectivity index (χ0n) is 14.3. The van der Waals surface area contributed by atoms with E-state index in [9.17, 15) is 9.59 Å². The van der Waals surface area contributed by atoms with Crippen LogP contribution in [0.5, 0.6) is 0 Å². The van der Waals surface area contributed by atoms with Gasteiger partial charge in [0.2, 0.25) is 5.91 Å². The number of amides is 1. The second-order valence-corrected chi connectivity index (χ2v) is 7.56. The fourth-order valence-electron chi connectivity index (χ4n) is 4.27. The van der Waals surface area contributed by atoms with Crippen molar-refractivity contribution in [2.24, 2.45) is 5.92 Å². The van der Waals surface area contributed by atoms with Gasteiger partial charge in [-0.15, -0.1) is 0 Å². The van der Waals surface area contributed by atoms with E-state index in [0.29, 0.717) is 18.5 Å². The summed E-state index contributed by atoms with van der Waals surface area (Å²) in [6.45, 7) is 1.93. The summed E-state index contributed by atoms with van der Waals surface area (Å²) in [5, 5.41) is 6.84. The van der Waals surface area contributed by atoms with Crippen LogP contribution in [0, 0.1) is 5.92 Å². The Morgan fingerprint density at radius 1 is 0.913 bits per heavy atom. The third kappa shape index (κ3) is 4.15. The van der Waals surface area contributed by atoms with Crippen LogP contribution in [0.25, 0.3) is 0 Å². The molecule has 0 aromatic rings. The van der Waals surface area contributed by atoms with Crippen molar-refractivity contribution < 1.29 is 9.59 Å². The molecule has 0 aromatic carbocycles. The average Bonchev–Trinajstić information content (AvgIpc) is 2.88. The number of ketones is 1. The second kappa shape index (κ2) is 7.50. The average molecular weight is 318 g/mol. The summed E-state index contributed by atoms with van der Waals surface area (Å²) in [7, 11) is 0. The Morgan fingerprint density at radius 3 is 2.22 bits per heavy atom. The molecule has 23 heavy (non-hydrogen) atoms. The van der Waals surface area contributed by atoms with Crippen molar-refractivity contribution in [3.05, 3.63) is 11.3 Å². The van der Waals surface area contributed by atoms with Crippen LogP contribution in [-0.4, -0.2) is 23.8 Å². The summed E-state index contributed by atoms with van der Waals surface area (Å²) in [6.07, 6.45) is 11.7. The quantitative estimate of drug-likeness (QED) is 0.837. The normalized spacial score (nSPS) is 29.7. The highest BCUT2D eigenvalue weighted by atomic mass is 16.2. The Kier molecular flexibility index (Phi) is 5.39. The maximum Gasteiger partial charge on any atom is 0.223 e. The number of carbonyl (C=O) groups excluding carboxylic acids is 2. The van der Waals surface area contributed by atoms with Crippen LogP contribution in [-0.2, 0) is 9.59 Å². The standard InChI is InChI=1S/C19H30N2O2/c1-13-17(11-12-18(13)22)20-16-9-7-14(8-10-16)19(23)21-15-5-3-2-4-6-15/h14-16,20H,2-12H2,1H3,(H,21,23). The first-order valence-corrected chi connectivity index (χ1v) is 9.43. The highest BCUT2D eigenvalue weighted by Crippen LogP contribution is 2.28. The van der Waals surface area contributed by atoms with Gasteiger partial charge in [-0.05, 0) is 51.9 Å². The van der Waals surface area contributed by atoms with Crippen LogP contribution in [0.1, 0.15) is 77.6 Å². The van der Waals surface area contributed by atoms with Gasteiger partial charge in [-0.25, -0.2) is 0 Å². The minimum absolute atomic E-state index is 0.190. The second-order valence-electron chi connectivity index (χ2n) is 7.56. The molecule has 0 bridgehead atoms. The van der Waals surface area contributed by atoms with E-state index in [2.05, 4.69) is 10.6 Å². The third-order valence-electron chi connectivity index (χ3n) is 5.90. The molecule has 3 aliphatic carbocycles. The summed E-state index contributed by atoms with van der Waals surface area (Å²) >= 11 is 0. The summed E-state index contributed by atoms with van der Waals surface area (Å²) in [4.78, 5) is 24.0. The van der Waals surface area contributed by atoms with Crippen molar-refractivity contribution in [3.8, 4) is 0 Å². The Morgan fingerprint density at radius 2 is 1.61 bits per heavy atom. The first-order chi connectivity index (χ1) is 11.1. The molecular weight excluding hydrogens is 288 g/mol. The smallest absolute Gasteiger partial charge is 0.223 e. The highest BCUT2D eigenvalue weighted by molar-refractivity contribution is 5.97. The lowest BCUT2D eigenvalue weighted by atomic mass is 9.84. The third-order valence-corrected chi connectivity index (χ3v) is 5.90. The predicted molar refractivity (Wildman–Crippen MR) is 90.8 cm³/mol. The Hall–Kier alpha value is -1.32. The molecule has 2 saturated carbocycles. The molecule has 0 aromatic heterocycles. The van der Waals surface area contributed by atoms with Gasteiger partial charge in [0.1, 0.15) is 0 Å². The van der Waals surface area contributed by atoms with Crippen LogP contribution in [0.4, 0.5) is 0 Å². The Balaban J connectivity index is 1.43. The lowest BCUT2D eigenvalue weighted by molar-refractivity contribution is -0.127. The van der Waals surface area contributed by atoms with Crippen molar-refractivity contribution in [2.45, 2.75) is 89.6 Å². The van der Waals surface area contributed by atoms with Crippen LogP contribution >= 0.6 is 0 Å². The van der Waals surface area contributed by atoms with Crippen LogP contribution in [0.3, 0.4) is 0 Å². The van der Waals surface area contributed by atoms with Gasteiger partial charge in [0.15, 0.2) is 5.78 Å². The molecule has 0 unspecified atom stereocenters. The highest BCUT2D eigenvalue weighted by Gasteiger charge is 2.29. The SMILES string of the molecule is CC1=C(NC2CCC(C(=O)NC3CCCCC3)CC2)CCC1=O. The van der Waals surface area contributed by atoms with Gasteiger partial charge in [-0.2, -0.15) is 0 Å². The van der Waals surface area contributed by atoms with Crippen molar-refractivity contribution >= 4 is 11.7 Å². The monoisotopic (exact) mass is 318 g/mol. The molecule has 3 aliphatic rings. The number of hydrogen-bond donors (Lipinski definition) is 2. The van der Waals surface area contributed by atoms with Gasteiger partial charge in [-0.1, -0.05) is 19.3 Å². The molecule has 2 N–H and O–H groups in total. The van der Waals surface area contributed by atoms with E-state index >= 15 is 0 Å². The van der Waals surface area contributed by atoms with Crippen molar-refractivity contribution in [2.75, 3.05) is 0 Å². The minimum Gasteiger partial charge on any atom is -0.385 e. The Bertz CT molecular complexity index is 484. The van der Waals surface area contributed by atoms with Gasteiger partial charge in [0, 0.05) is 35.7 Å². The largest absolute Gasteiger partial charge is 0.385 e. The number of carbonyl (C=O) groups is 2. The van der Waals surface area contributed by atoms with E-state index in [0.717, 1.165) is 56.2 Å². The van der Waals surface area contributed by atoms with E-state index in [1.54, 1.807) is 0 Å². The predicted octanol–water partition coefficient (Wildman–Crippen LogP) is 3.22. The number of allylic oxidation sites excluding steroid dienone is 2. The van der Waals surface area contributed by atoms with Crippen molar-refractivity contribution in [1.29, 1.82) is 0 Å². The molecule has 2 fully saturated rings. The van der Waals surface area contributed by atoms with Gasteiger partial charge in [-0.3, -0.25) is 9.59 Å². The first-order valence-electron chi connectivity index (χ1n) is 9.43. The number of nitrogens with one attached hydrogen (secondary N) is 2. The number of hydrogen-bond acceptors (Lipinski definition) is 3. The topological polar surface area (TPSA) is 58.2 Å². The minimum atomic E-state index is 0.190. The van der Waals surface area contributed by atoms with Gasteiger partial charge >= 0.3 is 0 Å². The van der Waals surface area contributed by atoms with Gasteiger partial charge in [0.05, 0.1) is 0 Å². The molecule has 4 nitrogen and oxygen atoms in total. The maximum atomic E-state index is 12.4. The molecule has 1 amide bonds. The van der Waals surface area contributed by atoms with Gasteiger partial charge in [0.25, 0.3) is 0 Å². The Labute approximate surface area is 139 Å². The zero-order valence-corrected chi connectivity index (χ0v) is 14.3. The maximum absolute atomic E-state index is 12.4. The van der Waals surface area contributed by atoms with E-state index in [1.807, 2.05) is 6.92 Å². The summed E-state index contributed by atoms with van der Waals surface area (Å²) < 4.78 is 0. The van der Waals surface area contributed by atoms with E-state index in [4.69, 9.17) is 0 Å². The lowest BCUT2D eigenvalue weighted by Crippen LogP contribution is -2.42. The molecule has 0 aliphatic heterocycles. The van der Waals surface area contributed by atoms with Crippen molar-refractivity contribution in [1.82, 2.24) is 10.6 Å². The fourth-order valence-corrected chi connectivity index (χ4v) is 4.27. The zero-order chi connectivity index (χ0) is 16.2. The van der Waals surface area contributed by atoms with Crippen molar-refractivity contribution in [3.63, 3.8) is 0 Å². The molecule has 0 heterocycles. The fraction of sp³-hybridized carbons (Fsp3) is 0.789. The van der Waals surface area contributed by atoms with Crippen LogP contribution < -0.4 is 10.6 Å². The molecule has 3 rings (SSSR count). The number of Topliss-reactive ketones (excluding diaryl/α,β-unsaturated/α-hetero) is 1. The lowest BCUT2D eigenvalue weighted by Gasteiger charge is -2.31. The summed E-state index contributed by atoms with van der Waals surface area (Å²) in [5.41, 5.74) is 2.06. The van der Waals surface area contributed by atoms with E-state index in [1.165, 1.54) is 19.3 Å². The molecule has 0 radical (unpaired) electrons. The first kappa shape index (κ1) is 16.5. The van der Waals surface area contributed by atoms with Crippen LogP contribution in [0.15, 0.2) is 11.3 Å². The molecular formula is C19H30N2O2. The molecule has 4 heteroatoms. The summed E-state index contributed by atoms with van der Waals surface area (Å²) in [6, 6.07) is 0.856. The van der Waals surface area contributed by atoms with E-state index in [-0.39, 0.29) is 17.6 Å². The van der Waals surface area contributed by atoms with Gasteiger partial charge < -0.3 is 10.6 Å². The van der Waals surface area contributed by atoms with E-state index < -0.39 is 0 Å². The molecule has 0 atom stereocenters. The molecule has 0 saturated heterocycles.